The molecule has 0 unspecified atom stereocenters. The van der Waals surface area contributed by atoms with Crippen molar-refractivity contribution < 1.29 is 8.42 Å². The van der Waals surface area contributed by atoms with E-state index in [0.29, 0.717) is 6.54 Å². The highest BCUT2D eigenvalue weighted by molar-refractivity contribution is 7.71. The smallest absolute Gasteiger partial charge is 0.144 e. The summed E-state index contributed by atoms with van der Waals surface area (Å²) in [5.74, 6) is 0.0800. The molecule has 0 atom stereocenters. The lowest BCUT2D eigenvalue weighted by molar-refractivity contribution is 0.614. The first-order valence-corrected chi connectivity index (χ1v) is 4.90. The predicted molar refractivity (Wildman–Crippen MR) is 47.2 cm³/mol. The molecule has 0 saturated heterocycles. The molecule has 3 nitrogen and oxygen atoms in total. The van der Waals surface area contributed by atoms with Gasteiger partial charge in [0, 0.05) is 6.54 Å². The average Bonchev–Trinajstić information content (AvgIpc) is 2.05. The molecular weight excluding hydrogens is 174 g/mol. The van der Waals surface area contributed by atoms with Crippen LogP contribution < -0.4 is 5.73 Å². The summed E-state index contributed by atoms with van der Waals surface area (Å²) in [7, 11) is -2.34. The predicted octanol–water partition coefficient (Wildman–Crippen LogP) is 0.0569. The third kappa shape index (κ3) is 2.64. The molecule has 4 heteroatoms. The fourth-order valence-corrected chi connectivity index (χ4v) is 1.36. The Labute approximate surface area is 73.2 Å². The van der Waals surface area contributed by atoms with E-state index in [4.69, 9.17) is 5.73 Å². The Balaban J connectivity index is 2.77. The maximum atomic E-state index is 10.3. The van der Waals surface area contributed by atoms with Gasteiger partial charge in [0.15, 0.2) is 0 Å². The summed E-state index contributed by atoms with van der Waals surface area (Å²) < 4.78 is 20.6. The summed E-state index contributed by atoms with van der Waals surface area (Å²) in [6, 6.07) is 8.10. The van der Waals surface area contributed by atoms with Crippen LogP contribution in [-0.4, -0.2) is 8.42 Å². The fourth-order valence-electron chi connectivity index (χ4n) is 0.864. The van der Waals surface area contributed by atoms with Crippen molar-refractivity contribution in [2.24, 2.45) is 5.73 Å². The number of rotatable bonds is 3. The van der Waals surface area contributed by atoms with Gasteiger partial charge < -0.3 is 5.73 Å². The second kappa shape index (κ2) is 4.23. The minimum atomic E-state index is -2.34. The van der Waals surface area contributed by atoms with E-state index in [9.17, 15) is 8.42 Å². The largest absolute Gasteiger partial charge is 0.326 e. The van der Waals surface area contributed by atoms with Crippen LogP contribution in [0.2, 0.25) is 0 Å². The highest BCUT2D eigenvalue weighted by Crippen LogP contribution is 2.03. The Bertz CT molecular complexity index is 308. The molecule has 12 heavy (non-hydrogen) atoms. The third-order valence-electron chi connectivity index (χ3n) is 1.47. The minimum absolute atomic E-state index is 0.0800. The first-order valence-electron chi connectivity index (χ1n) is 3.53. The normalized spacial score (nSPS) is 10.5. The van der Waals surface area contributed by atoms with Gasteiger partial charge in [0.05, 0.1) is 5.75 Å². The summed E-state index contributed by atoms with van der Waals surface area (Å²) in [6.07, 6.45) is 0. The summed E-state index contributed by atoms with van der Waals surface area (Å²) in [5.41, 5.74) is 6.99. The second-order valence-corrected chi connectivity index (χ2v) is 3.40. The molecule has 0 aliphatic carbocycles. The highest BCUT2D eigenvalue weighted by atomic mass is 32.2. The van der Waals surface area contributed by atoms with Crippen molar-refractivity contribution in [1.29, 1.82) is 0 Å². The lowest BCUT2D eigenvalue weighted by Crippen LogP contribution is -1.96. The van der Waals surface area contributed by atoms with Crippen LogP contribution in [0, 0.1) is 6.07 Å². The molecule has 0 fully saturated rings. The van der Waals surface area contributed by atoms with Gasteiger partial charge in [0.1, 0.15) is 10.7 Å². The summed E-state index contributed by atoms with van der Waals surface area (Å²) >= 11 is 0. The van der Waals surface area contributed by atoms with Crippen LogP contribution in [0.3, 0.4) is 0 Å². The Kier molecular flexibility index (Phi) is 3.25. The number of nitrogens with two attached hydrogens (primary N) is 1. The number of hydrogen-bond acceptors (Lipinski definition) is 3. The maximum Gasteiger partial charge on any atom is 0.144 e. The molecular formula is C8H10NO2S. The number of hydrogen-bond donors (Lipinski definition) is 2. The van der Waals surface area contributed by atoms with E-state index in [-0.39, 0.29) is 5.75 Å². The SMILES string of the molecule is NCc1[c]cc(C[SH](=O)=O)cc1. The molecule has 1 radical (unpaired) electrons. The Morgan fingerprint density at radius 3 is 2.58 bits per heavy atom. The number of benzene rings is 1. The minimum Gasteiger partial charge on any atom is -0.326 e. The molecule has 0 aliphatic heterocycles. The third-order valence-corrected chi connectivity index (χ3v) is 2.10. The maximum absolute atomic E-state index is 10.3. The molecule has 0 heterocycles. The van der Waals surface area contributed by atoms with Gasteiger partial charge in [-0.15, -0.1) is 0 Å². The van der Waals surface area contributed by atoms with Gasteiger partial charge in [-0.3, -0.25) is 0 Å². The van der Waals surface area contributed by atoms with E-state index in [1.165, 1.54) is 0 Å². The summed E-state index contributed by atoms with van der Waals surface area (Å²) in [4.78, 5) is 0. The molecule has 2 N–H and O–H groups in total. The topological polar surface area (TPSA) is 60.2 Å². The quantitative estimate of drug-likeness (QED) is 0.653. The van der Waals surface area contributed by atoms with Crippen LogP contribution in [0.5, 0.6) is 0 Å². The molecule has 0 spiro atoms. The first-order chi connectivity index (χ1) is 5.72. The van der Waals surface area contributed by atoms with Gasteiger partial charge in [-0.1, -0.05) is 12.1 Å². The van der Waals surface area contributed by atoms with Crippen molar-refractivity contribution in [3.05, 3.63) is 35.4 Å². The molecule has 1 aromatic rings. The van der Waals surface area contributed by atoms with E-state index >= 15 is 0 Å². The lowest BCUT2D eigenvalue weighted by atomic mass is 10.1. The van der Waals surface area contributed by atoms with Crippen LogP contribution in [0.25, 0.3) is 0 Å². The van der Waals surface area contributed by atoms with Crippen molar-refractivity contribution >= 4 is 10.7 Å². The zero-order valence-corrected chi connectivity index (χ0v) is 7.38. The highest BCUT2D eigenvalue weighted by Gasteiger charge is 1.94. The van der Waals surface area contributed by atoms with Gasteiger partial charge in [0.2, 0.25) is 0 Å². The lowest BCUT2D eigenvalue weighted by Gasteiger charge is -1.96. The van der Waals surface area contributed by atoms with Gasteiger partial charge >= 0.3 is 0 Å². The molecule has 0 bridgehead atoms. The monoisotopic (exact) mass is 184 g/mol. The van der Waals surface area contributed by atoms with E-state index < -0.39 is 10.7 Å². The molecule has 1 aromatic carbocycles. The Morgan fingerprint density at radius 1 is 1.42 bits per heavy atom. The van der Waals surface area contributed by atoms with Crippen molar-refractivity contribution in [2.75, 3.05) is 0 Å². The average molecular weight is 184 g/mol. The van der Waals surface area contributed by atoms with Crippen LogP contribution in [0.4, 0.5) is 0 Å². The van der Waals surface area contributed by atoms with E-state index in [2.05, 4.69) is 6.07 Å². The molecule has 0 aromatic heterocycles. The van der Waals surface area contributed by atoms with Crippen LogP contribution in [-0.2, 0) is 23.0 Å². The first kappa shape index (κ1) is 9.22. The fraction of sp³-hybridized carbons (Fsp3) is 0.250. The molecule has 0 saturated carbocycles. The molecule has 1 rings (SSSR count). The van der Waals surface area contributed by atoms with Crippen LogP contribution in [0.15, 0.2) is 18.2 Å². The number of thiol groups is 1. The zero-order chi connectivity index (χ0) is 8.97. The Hall–Kier alpha value is -0.870. The molecule has 0 aliphatic rings. The van der Waals surface area contributed by atoms with Gasteiger partial charge in [-0.05, 0) is 23.3 Å². The van der Waals surface area contributed by atoms with Crippen LogP contribution >= 0.6 is 0 Å². The van der Waals surface area contributed by atoms with Crippen molar-refractivity contribution in [2.45, 2.75) is 12.3 Å². The van der Waals surface area contributed by atoms with Crippen molar-refractivity contribution in [3.8, 4) is 0 Å². The second-order valence-electron chi connectivity index (χ2n) is 2.42. The van der Waals surface area contributed by atoms with Gasteiger partial charge in [-0.25, -0.2) is 8.42 Å². The zero-order valence-electron chi connectivity index (χ0n) is 6.49. The molecule has 65 valence electrons. The van der Waals surface area contributed by atoms with E-state index in [0.717, 1.165) is 11.1 Å². The van der Waals surface area contributed by atoms with E-state index in [1.54, 1.807) is 18.2 Å². The van der Waals surface area contributed by atoms with Crippen molar-refractivity contribution in [3.63, 3.8) is 0 Å². The Morgan fingerprint density at radius 2 is 2.17 bits per heavy atom. The summed E-state index contributed by atoms with van der Waals surface area (Å²) in [6.45, 7) is 0.434. The van der Waals surface area contributed by atoms with Crippen LogP contribution in [0.1, 0.15) is 11.1 Å². The van der Waals surface area contributed by atoms with Gasteiger partial charge in [-0.2, -0.15) is 0 Å². The molecule has 0 amide bonds. The van der Waals surface area contributed by atoms with Crippen molar-refractivity contribution in [1.82, 2.24) is 0 Å². The summed E-state index contributed by atoms with van der Waals surface area (Å²) in [5, 5.41) is 0. The van der Waals surface area contributed by atoms with E-state index in [1.807, 2.05) is 0 Å². The van der Waals surface area contributed by atoms with Gasteiger partial charge in [0.25, 0.3) is 0 Å². The standard InChI is InChI=1S/C8H10NO2S/c9-5-7-1-3-8(4-2-7)6-12(10)11/h1,3-4,12H,5-6,9H2.